The molecule has 0 aromatic heterocycles. The fraction of sp³-hybridized carbons (Fsp3) is 0.136. The Morgan fingerprint density at radius 1 is 1.06 bits per heavy atom. The van der Waals surface area contributed by atoms with Gasteiger partial charge in [0.1, 0.15) is 11.6 Å². The third-order valence-electron chi connectivity index (χ3n) is 4.55. The molecule has 0 bridgehead atoms. The number of halogens is 2. The molecule has 3 aromatic carbocycles. The summed E-state index contributed by atoms with van der Waals surface area (Å²) in [5, 5.41) is 2.96. The van der Waals surface area contributed by atoms with Gasteiger partial charge < -0.3 is 10.1 Å². The number of carbonyl (C=O) groups excluding carboxylic acids is 1. The first-order valence-electron chi connectivity index (χ1n) is 9.23. The van der Waals surface area contributed by atoms with Crippen LogP contribution in [-0.4, -0.2) is 21.4 Å². The smallest absolute Gasteiger partial charge is 0.261 e. The zero-order chi connectivity index (χ0) is 22.6. The van der Waals surface area contributed by atoms with Crippen LogP contribution in [-0.2, 0) is 10.0 Å². The summed E-state index contributed by atoms with van der Waals surface area (Å²) in [6.45, 7) is 1.81. The van der Waals surface area contributed by atoms with Gasteiger partial charge in [-0.25, -0.2) is 12.8 Å². The topological polar surface area (TPSA) is 84.5 Å². The van der Waals surface area contributed by atoms with Gasteiger partial charge in [-0.15, -0.1) is 0 Å². The van der Waals surface area contributed by atoms with E-state index in [1.165, 1.54) is 18.2 Å². The molecule has 6 nitrogen and oxygen atoms in total. The highest BCUT2D eigenvalue weighted by Crippen LogP contribution is 2.28. The van der Waals surface area contributed by atoms with Crippen LogP contribution in [0.4, 0.5) is 10.1 Å². The maximum absolute atomic E-state index is 13.1. The predicted octanol–water partition coefficient (Wildman–Crippen LogP) is 4.78. The van der Waals surface area contributed by atoms with E-state index in [2.05, 4.69) is 10.0 Å². The van der Waals surface area contributed by atoms with E-state index in [4.69, 9.17) is 16.3 Å². The van der Waals surface area contributed by atoms with Crippen LogP contribution in [0, 0.1) is 5.82 Å². The summed E-state index contributed by atoms with van der Waals surface area (Å²) in [7, 11) is -2.47. The van der Waals surface area contributed by atoms with Crippen molar-refractivity contribution in [2.75, 3.05) is 11.8 Å². The zero-order valence-corrected chi connectivity index (χ0v) is 18.3. The third-order valence-corrected chi connectivity index (χ3v) is 6.26. The molecule has 0 fully saturated rings. The van der Waals surface area contributed by atoms with Crippen molar-refractivity contribution in [1.29, 1.82) is 0 Å². The van der Waals surface area contributed by atoms with Crippen LogP contribution in [0.2, 0.25) is 5.02 Å². The molecule has 162 valence electrons. The lowest BCUT2D eigenvalue weighted by molar-refractivity contribution is 0.0939. The van der Waals surface area contributed by atoms with Gasteiger partial charge >= 0.3 is 0 Å². The number of carbonyl (C=O) groups is 1. The maximum atomic E-state index is 13.1. The lowest BCUT2D eigenvalue weighted by Crippen LogP contribution is -2.27. The number of rotatable bonds is 7. The Labute approximate surface area is 185 Å². The van der Waals surface area contributed by atoms with E-state index in [1.54, 1.807) is 13.2 Å². The maximum Gasteiger partial charge on any atom is 0.261 e. The second kappa shape index (κ2) is 9.36. The average Bonchev–Trinajstić information content (AvgIpc) is 2.75. The van der Waals surface area contributed by atoms with E-state index in [-0.39, 0.29) is 27.2 Å². The Bertz CT molecular complexity index is 1200. The second-order valence-corrected chi connectivity index (χ2v) is 8.78. The molecule has 9 heteroatoms. The third kappa shape index (κ3) is 5.34. The lowest BCUT2D eigenvalue weighted by atomic mass is 10.1. The Morgan fingerprint density at radius 2 is 1.74 bits per heavy atom. The number of hydrogen-bond acceptors (Lipinski definition) is 4. The summed E-state index contributed by atoms with van der Waals surface area (Å²) in [5.74, 6) is -0.337. The highest BCUT2D eigenvalue weighted by Gasteiger charge is 2.19. The molecule has 1 amide bonds. The molecule has 3 aromatic rings. The van der Waals surface area contributed by atoms with E-state index in [0.717, 1.165) is 29.8 Å². The highest BCUT2D eigenvalue weighted by atomic mass is 35.5. The standard InChI is InChI=1S/C22H20ClFN2O4S/c1-14(18-5-3-4-6-21(18)30-2)25-22(27)15-7-12-19(23)20(13-15)26-31(28,29)17-10-8-16(24)9-11-17/h3-14,26H,1-2H3,(H,25,27). The minimum Gasteiger partial charge on any atom is -0.496 e. The zero-order valence-electron chi connectivity index (χ0n) is 16.7. The first-order chi connectivity index (χ1) is 14.7. The van der Waals surface area contributed by atoms with Gasteiger partial charge in [-0.1, -0.05) is 29.8 Å². The number of benzene rings is 3. The van der Waals surface area contributed by atoms with Crippen LogP contribution in [0.15, 0.2) is 71.6 Å². The summed E-state index contributed by atoms with van der Waals surface area (Å²) >= 11 is 6.13. The van der Waals surface area contributed by atoms with Crippen molar-refractivity contribution in [3.8, 4) is 5.75 Å². The largest absolute Gasteiger partial charge is 0.496 e. The van der Waals surface area contributed by atoms with Gasteiger partial charge in [0, 0.05) is 11.1 Å². The van der Waals surface area contributed by atoms with Crippen LogP contribution in [0.3, 0.4) is 0 Å². The molecule has 1 unspecified atom stereocenters. The Morgan fingerprint density at radius 3 is 2.42 bits per heavy atom. The normalized spacial score (nSPS) is 12.1. The average molecular weight is 463 g/mol. The van der Waals surface area contributed by atoms with Crippen molar-refractivity contribution < 1.29 is 22.3 Å². The van der Waals surface area contributed by atoms with Gasteiger partial charge in [0.2, 0.25) is 0 Å². The van der Waals surface area contributed by atoms with Crippen molar-refractivity contribution in [3.05, 3.63) is 88.7 Å². The van der Waals surface area contributed by atoms with E-state index in [0.29, 0.717) is 5.75 Å². The van der Waals surface area contributed by atoms with Crippen LogP contribution in [0.5, 0.6) is 5.75 Å². The van der Waals surface area contributed by atoms with Crippen LogP contribution < -0.4 is 14.8 Å². The molecule has 0 radical (unpaired) electrons. The molecule has 0 aliphatic heterocycles. The lowest BCUT2D eigenvalue weighted by Gasteiger charge is -2.18. The molecule has 1 atom stereocenters. The monoisotopic (exact) mass is 462 g/mol. The number of amides is 1. The number of ether oxygens (including phenoxy) is 1. The number of methoxy groups -OCH3 is 1. The van der Waals surface area contributed by atoms with E-state index in [1.807, 2.05) is 25.1 Å². The number of sulfonamides is 1. The molecule has 2 N–H and O–H groups in total. The Kier molecular flexibility index (Phi) is 6.82. The predicted molar refractivity (Wildman–Crippen MR) is 118 cm³/mol. The van der Waals surface area contributed by atoms with Crippen molar-refractivity contribution in [1.82, 2.24) is 5.32 Å². The van der Waals surface area contributed by atoms with Gasteiger partial charge in [-0.3, -0.25) is 9.52 Å². The van der Waals surface area contributed by atoms with Crippen LogP contribution >= 0.6 is 11.6 Å². The molecule has 3 rings (SSSR count). The molecule has 0 aliphatic carbocycles. The summed E-state index contributed by atoms with van der Waals surface area (Å²) in [6.07, 6.45) is 0. The minimum absolute atomic E-state index is 0.0311. The minimum atomic E-state index is -4.02. The van der Waals surface area contributed by atoms with Gasteiger partial charge in [0.05, 0.1) is 28.8 Å². The Hall–Kier alpha value is -3.10. The van der Waals surface area contributed by atoms with Gasteiger partial charge in [0.25, 0.3) is 15.9 Å². The van der Waals surface area contributed by atoms with Crippen LogP contribution in [0.25, 0.3) is 0 Å². The molecule has 0 heterocycles. The van der Waals surface area contributed by atoms with Crippen molar-refractivity contribution in [2.45, 2.75) is 17.9 Å². The molecule has 0 aliphatic rings. The summed E-state index contributed by atoms with van der Waals surface area (Å²) < 4.78 is 45.9. The SMILES string of the molecule is COc1ccccc1C(C)NC(=O)c1ccc(Cl)c(NS(=O)(=O)c2ccc(F)cc2)c1. The summed E-state index contributed by atoms with van der Waals surface area (Å²) in [6, 6.07) is 15.5. The number of para-hydroxylation sites is 1. The molecule has 0 saturated carbocycles. The summed E-state index contributed by atoms with van der Waals surface area (Å²) in [5.41, 5.74) is 1.04. The first kappa shape index (κ1) is 22.6. The number of nitrogens with one attached hydrogen (secondary N) is 2. The van der Waals surface area contributed by atoms with E-state index in [9.17, 15) is 17.6 Å². The van der Waals surface area contributed by atoms with Crippen molar-refractivity contribution >= 4 is 33.2 Å². The fourth-order valence-electron chi connectivity index (χ4n) is 2.94. The van der Waals surface area contributed by atoms with Gasteiger partial charge in [-0.05, 0) is 55.5 Å². The van der Waals surface area contributed by atoms with Crippen molar-refractivity contribution in [2.24, 2.45) is 0 Å². The van der Waals surface area contributed by atoms with Crippen LogP contribution in [0.1, 0.15) is 28.9 Å². The molecular formula is C22H20ClFN2O4S. The van der Waals surface area contributed by atoms with E-state index >= 15 is 0 Å². The van der Waals surface area contributed by atoms with Gasteiger partial charge in [-0.2, -0.15) is 0 Å². The molecular weight excluding hydrogens is 443 g/mol. The molecule has 31 heavy (non-hydrogen) atoms. The fourth-order valence-corrected chi connectivity index (χ4v) is 4.24. The second-order valence-electron chi connectivity index (χ2n) is 6.69. The van der Waals surface area contributed by atoms with E-state index < -0.39 is 21.7 Å². The van der Waals surface area contributed by atoms with Crippen molar-refractivity contribution in [3.63, 3.8) is 0 Å². The number of anilines is 1. The highest BCUT2D eigenvalue weighted by molar-refractivity contribution is 7.92. The first-order valence-corrected chi connectivity index (χ1v) is 11.1. The Balaban J connectivity index is 1.81. The van der Waals surface area contributed by atoms with Gasteiger partial charge in [0.15, 0.2) is 0 Å². The summed E-state index contributed by atoms with van der Waals surface area (Å²) in [4.78, 5) is 12.6. The number of hydrogen-bond donors (Lipinski definition) is 2. The molecule has 0 spiro atoms. The quantitative estimate of drug-likeness (QED) is 0.529. The molecule has 0 saturated heterocycles.